The van der Waals surface area contributed by atoms with Crippen molar-refractivity contribution in [1.82, 2.24) is 10.2 Å². The topological polar surface area (TPSA) is 105 Å². The molecule has 0 spiro atoms. The molecular weight excluding hydrogens is 436 g/mol. The molecule has 1 saturated heterocycles. The maximum atomic E-state index is 12.7. The van der Waals surface area contributed by atoms with Crippen molar-refractivity contribution in [2.24, 2.45) is 0 Å². The van der Waals surface area contributed by atoms with Gasteiger partial charge in [0.25, 0.3) is 0 Å². The lowest BCUT2D eigenvalue weighted by atomic mass is 9.98. The molecule has 2 N–H and O–H groups in total. The minimum absolute atomic E-state index is 0.00127. The van der Waals surface area contributed by atoms with E-state index in [1.165, 1.54) is 4.90 Å². The van der Waals surface area contributed by atoms with E-state index in [0.29, 0.717) is 26.0 Å². The van der Waals surface area contributed by atoms with Crippen molar-refractivity contribution in [1.29, 1.82) is 0 Å². The first-order chi connectivity index (χ1) is 16.5. The van der Waals surface area contributed by atoms with Crippen LogP contribution in [0.1, 0.15) is 43.2 Å². The smallest absolute Gasteiger partial charge is 0.407 e. The van der Waals surface area contributed by atoms with E-state index in [2.05, 4.69) is 29.6 Å². The maximum Gasteiger partial charge on any atom is 0.407 e. The predicted molar refractivity (Wildman–Crippen MR) is 125 cm³/mol. The summed E-state index contributed by atoms with van der Waals surface area (Å²) in [6.45, 7) is 2.90. The van der Waals surface area contributed by atoms with E-state index in [-0.39, 0.29) is 31.4 Å². The van der Waals surface area contributed by atoms with Gasteiger partial charge in [0.05, 0.1) is 12.5 Å². The van der Waals surface area contributed by atoms with Crippen molar-refractivity contribution in [2.75, 3.05) is 26.3 Å². The van der Waals surface area contributed by atoms with Gasteiger partial charge in [0, 0.05) is 25.6 Å². The molecule has 1 aliphatic carbocycles. The van der Waals surface area contributed by atoms with Crippen LogP contribution in [0.2, 0.25) is 0 Å². The van der Waals surface area contributed by atoms with E-state index in [4.69, 9.17) is 9.47 Å². The first-order valence-corrected chi connectivity index (χ1v) is 11.7. The normalized spacial score (nSPS) is 17.7. The van der Waals surface area contributed by atoms with Crippen molar-refractivity contribution in [3.8, 4) is 11.1 Å². The summed E-state index contributed by atoms with van der Waals surface area (Å²) in [4.78, 5) is 37.9. The van der Waals surface area contributed by atoms with Crippen molar-refractivity contribution in [3.63, 3.8) is 0 Å². The molecule has 0 saturated carbocycles. The van der Waals surface area contributed by atoms with Gasteiger partial charge in [-0.05, 0) is 42.0 Å². The van der Waals surface area contributed by atoms with Crippen LogP contribution in [0.25, 0.3) is 11.1 Å². The summed E-state index contributed by atoms with van der Waals surface area (Å²) in [5.41, 5.74) is 4.58. The van der Waals surface area contributed by atoms with Crippen LogP contribution in [-0.2, 0) is 19.1 Å². The van der Waals surface area contributed by atoms with Gasteiger partial charge in [-0.25, -0.2) is 9.59 Å². The van der Waals surface area contributed by atoms with Crippen molar-refractivity contribution in [3.05, 3.63) is 59.7 Å². The van der Waals surface area contributed by atoms with Gasteiger partial charge in [-0.1, -0.05) is 48.5 Å². The highest BCUT2D eigenvalue weighted by molar-refractivity contribution is 5.84. The minimum Gasteiger partial charge on any atom is -0.480 e. The quantitative estimate of drug-likeness (QED) is 0.587. The number of likely N-dealkylation sites (tertiary alicyclic amines) is 1. The number of alkyl carbamates (subject to hydrolysis) is 1. The van der Waals surface area contributed by atoms with Crippen molar-refractivity contribution in [2.45, 2.75) is 44.2 Å². The van der Waals surface area contributed by atoms with Gasteiger partial charge in [0.1, 0.15) is 12.6 Å². The van der Waals surface area contributed by atoms with Gasteiger partial charge in [-0.3, -0.25) is 4.79 Å². The number of rotatable bonds is 9. The number of aliphatic carboxylic acids is 1. The molecule has 0 aromatic heterocycles. The van der Waals surface area contributed by atoms with Crippen molar-refractivity contribution < 1.29 is 29.0 Å². The Morgan fingerprint density at radius 3 is 2.35 bits per heavy atom. The molecule has 2 aromatic carbocycles. The van der Waals surface area contributed by atoms with E-state index in [1.54, 1.807) is 6.92 Å². The molecule has 8 nitrogen and oxygen atoms in total. The number of hydrogen-bond donors (Lipinski definition) is 2. The van der Waals surface area contributed by atoms with Crippen LogP contribution in [0.4, 0.5) is 4.79 Å². The van der Waals surface area contributed by atoms with E-state index < -0.39 is 24.2 Å². The molecule has 0 bridgehead atoms. The Labute approximate surface area is 198 Å². The number of carboxylic acid groups (broad SMARTS) is 1. The first kappa shape index (κ1) is 23.8. The molecule has 2 amide bonds. The zero-order valence-electron chi connectivity index (χ0n) is 19.2. The second kappa shape index (κ2) is 10.7. The second-order valence-corrected chi connectivity index (χ2v) is 8.57. The third kappa shape index (κ3) is 5.07. The fourth-order valence-corrected chi connectivity index (χ4v) is 4.91. The summed E-state index contributed by atoms with van der Waals surface area (Å²) in [6, 6.07) is 15.4. The number of carbonyl (C=O) groups is 3. The van der Waals surface area contributed by atoms with Crippen LogP contribution in [0.15, 0.2) is 48.5 Å². The molecular formula is C26H30N2O6. The fraction of sp³-hybridized carbons (Fsp3) is 0.423. The highest BCUT2D eigenvalue weighted by Gasteiger charge is 2.35. The van der Waals surface area contributed by atoms with Crippen LogP contribution in [0.5, 0.6) is 0 Å². The molecule has 2 aliphatic rings. The lowest BCUT2D eigenvalue weighted by molar-refractivity contribution is -0.149. The van der Waals surface area contributed by atoms with E-state index >= 15 is 0 Å². The Kier molecular flexibility index (Phi) is 7.47. The predicted octanol–water partition coefficient (Wildman–Crippen LogP) is 3.40. The molecule has 8 heteroatoms. The van der Waals surface area contributed by atoms with Crippen LogP contribution in [0, 0.1) is 0 Å². The van der Waals surface area contributed by atoms with Crippen LogP contribution >= 0.6 is 0 Å². The third-order valence-electron chi connectivity index (χ3n) is 6.48. The molecule has 0 radical (unpaired) electrons. The standard InChI is InChI=1S/C26H30N2O6/c1-2-33-17(14-24(29)28-13-7-12-23(28)25(30)31)15-27-26(32)34-16-22-20-10-5-3-8-18(20)19-9-4-6-11-21(19)22/h3-6,8-11,17,22-23H,2,7,12-16H2,1H3,(H,27,32)(H,30,31)/t17?,23-/m1/s1. The van der Waals surface area contributed by atoms with Crippen LogP contribution in [-0.4, -0.2) is 66.4 Å². The molecule has 2 atom stereocenters. The highest BCUT2D eigenvalue weighted by Crippen LogP contribution is 2.44. The van der Waals surface area contributed by atoms with Gasteiger partial charge >= 0.3 is 12.1 Å². The maximum absolute atomic E-state index is 12.7. The Morgan fingerprint density at radius 2 is 1.74 bits per heavy atom. The summed E-state index contributed by atoms with van der Waals surface area (Å²) >= 11 is 0. The Balaban J connectivity index is 1.31. The second-order valence-electron chi connectivity index (χ2n) is 8.57. The monoisotopic (exact) mass is 466 g/mol. The third-order valence-corrected chi connectivity index (χ3v) is 6.48. The molecule has 2 aromatic rings. The van der Waals surface area contributed by atoms with Gasteiger partial charge in [-0.15, -0.1) is 0 Å². The summed E-state index contributed by atoms with van der Waals surface area (Å²) in [7, 11) is 0. The van der Waals surface area contributed by atoms with Crippen molar-refractivity contribution >= 4 is 18.0 Å². The van der Waals surface area contributed by atoms with Gasteiger partial charge in [0.2, 0.25) is 5.91 Å². The number of carboxylic acids is 1. The first-order valence-electron chi connectivity index (χ1n) is 11.7. The molecule has 180 valence electrons. The lowest BCUT2D eigenvalue weighted by Crippen LogP contribution is -2.43. The van der Waals surface area contributed by atoms with Gasteiger partial charge in [-0.2, -0.15) is 0 Å². The van der Waals surface area contributed by atoms with E-state index in [0.717, 1.165) is 22.3 Å². The Morgan fingerprint density at radius 1 is 1.09 bits per heavy atom. The Bertz CT molecular complexity index is 1010. The number of ether oxygens (including phenoxy) is 2. The number of carbonyl (C=O) groups excluding carboxylic acids is 2. The van der Waals surface area contributed by atoms with Gasteiger partial charge < -0.3 is 24.8 Å². The van der Waals surface area contributed by atoms with Crippen LogP contribution < -0.4 is 5.32 Å². The zero-order chi connectivity index (χ0) is 24.1. The summed E-state index contributed by atoms with van der Waals surface area (Å²) < 4.78 is 11.2. The summed E-state index contributed by atoms with van der Waals surface area (Å²) in [5.74, 6) is -1.31. The summed E-state index contributed by atoms with van der Waals surface area (Å²) in [6.07, 6.45) is -0.0174. The van der Waals surface area contributed by atoms with E-state index in [1.807, 2.05) is 24.3 Å². The number of benzene rings is 2. The molecule has 1 unspecified atom stereocenters. The highest BCUT2D eigenvalue weighted by atomic mass is 16.5. The Hall–Kier alpha value is -3.39. The average molecular weight is 467 g/mol. The molecule has 1 heterocycles. The van der Waals surface area contributed by atoms with Crippen LogP contribution in [0.3, 0.4) is 0 Å². The fourth-order valence-electron chi connectivity index (χ4n) is 4.91. The number of nitrogens with one attached hydrogen (secondary N) is 1. The SMILES string of the molecule is CCOC(CNC(=O)OCC1c2ccccc2-c2ccccc21)CC(=O)N1CCC[C@@H]1C(=O)O. The molecule has 4 rings (SSSR count). The van der Waals surface area contributed by atoms with Gasteiger partial charge in [0.15, 0.2) is 0 Å². The molecule has 1 aliphatic heterocycles. The summed E-state index contributed by atoms with van der Waals surface area (Å²) in [5, 5.41) is 12.0. The number of fused-ring (bicyclic) bond motifs is 3. The van der Waals surface area contributed by atoms with E-state index in [9.17, 15) is 19.5 Å². The average Bonchev–Trinajstić information content (AvgIpc) is 3.45. The number of nitrogens with zero attached hydrogens (tertiary/aromatic N) is 1. The molecule has 34 heavy (non-hydrogen) atoms. The number of hydrogen-bond acceptors (Lipinski definition) is 5. The largest absolute Gasteiger partial charge is 0.480 e. The number of amides is 2. The zero-order valence-corrected chi connectivity index (χ0v) is 19.2. The minimum atomic E-state index is -0.990. The lowest BCUT2D eigenvalue weighted by Gasteiger charge is -2.24. The molecule has 1 fully saturated rings.